The van der Waals surface area contributed by atoms with E-state index in [0.717, 1.165) is 54.4 Å². The van der Waals surface area contributed by atoms with Gasteiger partial charge in [0, 0.05) is 29.2 Å². The number of thiazole rings is 1. The highest BCUT2D eigenvalue weighted by Crippen LogP contribution is 2.27. The van der Waals surface area contributed by atoms with E-state index >= 15 is 0 Å². The number of benzene rings is 1. The third-order valence-corrected chi connectivity index (χ3v) is 5.93. The molecule has 28 heavy (non-hydrogen) atoms. The molecule has 1 heterocycles. The molecule has 0 spiro atoms. The summed E-state index contributed by atoms with van der Waals surface area (Å²) in [5, 5.41) is 10.7. The van der Waals surface area contributed by atoms with Crippen LogP contribution in [0.15, 0.2) is 35.5 Å². The Morgan fingerprint density at radius 1 is 1.29 bits per heavy atom. The molecule has 0 unspecified atom stereocenters. The van der Waals surface area contributed by atoms with Crippen LogP contribution in [-0.4, -0.2) is 23.4 Å². The van der Waals surface area contributed by atoms with Crippen LogP contribution in [0.25, 0.3) is 0 Å². The zero-order valence-electron chi connectivity index (χ0n) is 16.6. The molecule has 150 valence electrons. The van der Waals surface area contributed by atoms with Crippen LogP contribution in [0, 0.1) is 5.92 Å². The third-order valence-electron chi connectivity index (χ3n) is 4.79. The summed E-state index contributed by atoms with van der Waals surface area (Å²) in [7, 11) is 0. The molecule has 1 amide bonds. The van der Waals surface area contributed by atoms with Gasteiger partial charge in [0.05, 0.1) is 13.1 Å². The number of aliphatic imine (C=N–C) groups is 1. The van der Waals surface area contributed by atoms with Gasteiger partial charge >= 0.3 is 0 Å². The summed E-state index contributed by atoms with van der Waals surface area (Å²) in [6, 6.07) is 7.92. The number of aromatic nitrogens is 1. The van der Waals surface area contributed by atoms with E-state index < -0.39 is 0 Å². The van der Waals surface area contributed by atoms with Crippen LogP contribution < -0.4 is 16.0 Å². The number of carbonyl (C=O) groups excluding carboxylic acids is 1. The standard InChI is InChI=1S/C21H29N5OS/c1-3-18-13-23-19(28-18)14-25-21(22-4-2)24-12-15-7-5-10-17(11-15)26-20(27)16-8-6-9-16/h5,7,10-11,13,16H,3-4,6,8-9,12,14H2,1-2H3,(H,26,27)(H2,22,24,25). The zero-order valence-corrected chi connectivity index (χ0v) is 17.4. The lowest BCUT2D eigenvalue weighted by atomic mass is 9.85. The topological polar surface area (TPSA) is 78.4 Å². The predicted octanol–water partition coefficient (Wildman–Crippen LogP) is 3.70. The average Bonchev–Trinajstić information content (AvgIpc) is 3.11. The maximum atomic E-state index is 12.1. The highest BCUT2D eigenvalue weighted by Gasteiger charge is 2.25. The molecule has 1 aliphatic rings. The Hall–Kier alpha value is -2.41. The first kappa shape index (κ1) is 20.3. The Kier molecular flexibility index (Phi) is 7.42. The molecule has 0 radical (unpaired) electrons. The first-order valence-electron chi connectivity index (χ1n) is 10.0. The van der Waals surface area contributed by atoms with Crippen molar-refractivity contribution in [1.29, 1.82) is 0 Å². The van der Waals surface area contributed by atoms with Crippen molar-refractivity contribution < 1.29 is 4.79 Å². The minimum absolute atomic E-state index is 0.136. The van der Waals surface area contributed by atoms with Crippen molar-refractivity contribution in [3.8, 4) is 0 Å². The Labute approximate surface area is 170 Å². The molecule has 3 rings (SSSR count). The molecule has 0 aliphatic heterocycles. The van der Waals surface area contributed by atoms with Crippen LogP contribution in [0.4, 0.5) is 5.69 Å². The average molecular weight is 400 g/mol. The van der Waals surface area contributed by atoms with Gasteiger partial charge in [-0.15, -0.1) is 11.3 Å². The molecule has 1 aliphatic carbocycles. The Morgan fingerprint density at radius 3 is 2.82 bits per heavy atom. The molecular formula is C21H29N5OS. The Morgan fingerprint density at radius 2 is 2.14 bits per heavy atom. The summed E-state index contributed by atoms with van der Waals surface area (Å²) in [6.07, 6.45) is 6.13. The minimum Gasteiger partial charge on any atom is -0.357 e. The maximum absolute atomic E-state index is 12.1. The number of carbonyl (C=O) groups is 1. The molecule has 0 bridgehead atoms. The smallest absolute Gasteiger partial charge is 0.227 e. The summed E-state index contributed by atoms with van der Waals surface area (Å²) in [5.41, 5.74) is 1.91. The second kappa shape index (κ2) is 10.2. The number of hydrogen-bond donors (Lipinski definition) is 3. The van der Waals surface area contributed by atoms with Gasteiger partial charge < -0.3 is 16.0 Å². The zero-order chi connectivity index (χ0) is 19.8. The number of guanidine groups is 1. The SMILES string of the molecule is CCNC(=NCc1cccc(NC(=O)C2CCC2)c1)NCc1ncc(CC)s1. The second-order valence-corrected chi connectivity index (χ2v) is 8.14. The first-order valence-corrected chi connectivity index (χ1v) is 10.8. The lowest BCUT2D eigenvalue weighted by molar-refractivity contribution is -0.122. The van der Waals surface area contributed by atoms with Gasteiger partial charge in [0.1, 0.15) is 5.01 Å². The van der Waals surface area contributed by atoms with Gasteiger partial charge in [-0.1, -0.05) is 25.5 Å². The molecule has 3 N–H and O–H groups in total. The Balaban J connectivity index is 1.57. The van der Waals surface area contributed by atoms with Crippen molar-refractivity contribution in [1.82, 2.24) is 15.6 Å². The molecule has 0 saturated heterocycles. The summed E-state index contributed by atoms with van der Waals surface area (Å²) in [4.78, 5) is 22.5. The van der Waals surface area contributed by atoms with Crippen LogP contribution in [0.1, 0.15) is 48.6 Å². The highest BCUT2D eigenvalue weighted by atomic mass is 32.1. The number of hydrogen-bond acceptors (Lipinski definition) is 4. The van der Waals surface area contributed by atoms with E-state index in [-0.39, 0.29) is 11.8 Å². The number of amides is 1. The van der Waals surface area contributed by atoms with Gasteiger partial charge in [0.2, 0.25) is 5.91 Å². The lowest BCUT2D eigenvalue weighted by Gasteiger charge is -2.24. The number of rotatable bonds is 8. The van der Waals surface area contributed by atoms with E-state index in [9.17, 15) is 4.79 Å². The van der Waals surface area contributed by atoms with Crippen LogP contribution in [0.2, 0.25) is 0 Å². The maximum Gasteiger partial charge on any atom is 0.227 e. The van der Waals surface area contributed by atoms with E-state index in [1.807, 2.05) is 37.4 Å². The number of nitrogens with zero attached hydrogens (tertiary/aromatic N) is 2. The largest absolute Gasteiger partial charge is 0.357 e. The van der Waals surface area contributed by atoms with Crippen LogP contribution >= 0.6 is 11.3 Å². The van der Waals surface area contributed by atoms with Crippen LogP contribution in [0.5, 0.6) is 0 Å². The first-order chi connectivity index (χ1) is 13.7. The normalized spacial score (nSPS) is 14.4. The summed E-state index contributed by atoms with van der Waals surface area (Å²) in [6.45, 7) is 6.18. The molecular weight excluding hydrogens is 370 g/mol. The summed E-state index contributed by atoms with van der Waals surface area (Å²) in [5.74, 6) is 1.08. The van der Waals surface area contributed by atoms with Gasteiger partial charge in [-0.05, 0) is 43.9 Å². The van der Waals surface area contributed by atoms with Gasteiger partial charge in [-0.2, -0.15) is 0 Å². The third kappa shape index (κ3) is 5.79. The fraction of sp³-hybridized carbons (Fsp3) is 0.476. The molecule has 1 aromatic carbocycles. The van der Waals surface area contributed by atoms with Crippen molar-refractivity contribution in [2.45, 2.75) is 52.6 Å². The van der Waals surface area contributed by atoms with E-state index in [4.69, 9.17) is 0 Å². The monoisotopic (exact) mass is 399 g/mol. The molecule has 0 atom stereocenters. The van der Waals surface area contributed by atoms with Gasteiger partial charge in [-0.25, -0.2) is 9.98 Å². The molecule has 6 nitrogen and oxygen atoms in total. The fourth-order valence-corrected chi connectivity index (χ4v) is 3.73. The predicted molar refractivity (Wildman–Crippen MR) is 116 cm³/mol. The van der Waals surface area contributed by atoms with Crippen molar-refractivity contribution in [3.63, 3.8) is 0 Å². The Bertz CT molecular complexity index is 813. The van der Waals surface area contributed by atoms with Crippen LogP contribution in [-0.2, 0) is 24.3 Å². The van der Waals surface area contributed by atoms with Crippen molar-refractivity contribution in [2.75, 3.05) is 11.9 Å². The number of nitrogens with one attached hydrogen (secondary N) is 3. The van der Waals surface area contributed by atoms with E-state index in [1.54, 1.807) is 11.3 Å². The number of anilines is 1. The summed E-state index contributed by atoms with van der Waals surface area (Å²) < 4.78 is 0. The minimum atomic E-state index is 0.136. The van der Waals surface area contributed by atoms with Gasteiger partial charge in [-0.3, -0.25) is 4.79 Å². The van der Waals surface area contributed by atoms with Crippen molar-refractivity contribution >= 4 is 28.9 Å². The number of aryl methyl sites for hydroxylation is 1. The van der Waals surface area contributed by atoms with Crippen LogP contribution in [0.3, 0.4) is 0 Å². The van der Waals surface area contributed by atoms with Crippen molar-refractivity contribution in [3.05, 3.63) is 45.9 Å². The van der Waals surface area contributed by atoms with Crippen molar-refractivity contribution in [2.24, 2.45) is 10.9 Å². The molecule has 7 heteroatoms. The van der Waals surface area contributed by atoms with E-state index in [1.165, 1.54) is 4.88 Å². The lowest BCUT2D eigenvalue weighted by Crippen LogP contribution is -2.36. The second-order valence-electron chi connectivity index (χ2n) is 6.94. The van der Waals surface area contributed by atoms with E-state index in [0.29, 0.717) is 13.1 Å². The fourth-order valence-electron chi connectivity index (χ4n) is 2.93. The summed E-state index contributed by atoms with van der Waals surface area (Å²) >= 11 is 1.73. The van der Waals surface area contributed by atoms with E-state index in [2.05, 4.69) is 32.9 Å². The quantitative estimate of drug-likeness (QED) is 0.467. The highest BCUT2D eigenvalue weighted by molar-refractivity contribution is 7.11. The molecule has 2 aromatic rings. The molecule has 1 saturated carbocycles. The molecule has 1 fully saturated rings. The van der Waals surface area contributed by atoms with Gasteiger partial charge in [0.15, 0.2) is 5.96 Å². The van der Waals surface area contributed by atoms with Gasteiger partial charge in [0.25, 0.3) is 0 Å². The molecule has 1 aromatic heterocycles.